The molecule has 6 heteroatoms. The minimum Gasteiger partial charge on any atom is -0.336 e. The molecule has 1 aliphatic heterocycles. The second kappa shape index (κ2) is 7.79. The first kappa shape index (κ1) is 19.3. The molecule has 4 rings (SSSR count). The third kappa shape index (κ3) is 3.93. The molecule has 1 aromatic heterocycles. The monoisotopic (exact) mass is 393 g/mol. The van der Waals surface area contributed by atoms with Crippen LogP contribution in [0.3, 0.4) is 0 Å². The van der Waals surface area contributed by atoms with Gasteiger partial charge in [0.15, 0.2) is 0 Å². The van der Waals surface area contributed by atoms with Gasteiger partial charge in [-0.15, -0.1) is 0 Å². The maximum absolute atomic E-state index is 13.4. The predicted molar refractivity (Wildman–Crippen MR) is 112 cm³/mol. The lowest BCUT2D eigenvalue weighted by Crippen LogP contribution is -2.48. The normalized spacial score (nSPS) is 15.1. The molecule has 1 aliphatic rings. The van der Waals surface area contributed by atoms with E-state index < -0.39 is 5.82 Å². The summed E-state index contributed by atoms with van der Waals surface area (Å²) in [5, 5.41) is 1.03. The quantitative estimate of drug-likeness (QED) is 0.743. The van der Waals surface area contributed by atoms with Crippen LogP contribution in [0, 0.1) is 19.7 Å². The standard InChI is InChI=1S/C23H24FN3O2/c1-15-6-7-17-12-19(22(28)25-21(17)16(15)2)14-26-8-10-27(11-9-26)23(29)18-4-3-5-20(24)13-18/h3-7,12-13H,8-11,14H2,1-2H3,(H,25,28). The molecule has 0 radical (unpaired) electrons. The number of halogens is 1. The highest BCUT2D eigenvalue weighted by Gasteiger charge is 2.23. The molecular formula is C23H24FN3O2. The molecule has 150 valence electrons. The van der Waals surface area contributed by atoms with E-state index in [1.165, 1.54) is 12.1 Å². The van der Waals surface area contributed by atoms with Gasteiger partial charge in [-0.05, 0) is 54.6 Å². The zero-order valence-corrected chi connectivity index (χ0v) is 16.7. The summed E-state index contributed by atoms with van der Waals surface area (Å²) in [7, 11) is 0. The van der Waals surface area contributed by atoms with E-state index in [0.717, 1.165) is 27.6 Å². The van der Waals surface area contributed by atoms with Crippen molar-refractivity contribution >= 4 is 16.8 Å². The van der Waals surface area contributed by atoms with Gasteiger partial charge in [-0.25, -0.2) is 4.39 Å². The summed E-state index contributed by atoms with van der Waals surface area (Å²) in [5.74, 6) is -0.561. The number of rotatable bonds is 3. The lowest BCUT2D eigenvalue weighted by molar-refractivity contribution is 0.0627. The van der Waals surface area contributed by atoms with Crippen molar-refractivity contribution in [2.45, 2.75) is 20.4 Å². The number of fused-ring (bicyclic) bond motifs is 1. The summed E-state index contributed by atoms with van der Waals surface area (Å²) in [5.41, 5.74) is 4.17. The van der Waals surface area contributed by atoms with Crippen molar-refractivity contribution in [2.24, 2.45) is 0 Å². The van der Waals surface area contributed by atoms with Crippen molar-refractivity contribution < 1.29 is 9.18 Å². The SMILES string of the molecule is Cc1ccc2cc(CN3CCN(C(=O)c4cccc(F)c4)CC3)c(=O)[nH]c2c1C. The summed E-state index contributed by atoms with van der Waals surface area (Å²) in [6.07, 6.45) is 0. The topological polar surface area (TPSA) is 56.4 Å². The van der Waals surface area contributed by atoms with E-state index in [4.69, 9.17) is 0 Å². The van der Waals surface area contributed by atoms with Gasteiger partial charge >= 0.3 is 0 Å². The third-order valence-corrected chi connectivity index (χ3v) is 5.75. The average Bonchev–Trinajstić information content (AvgIpc) is 2.72. The molecule has 0 atom stereocenters. The van der Waals surface area contributed by atoms with E-state index >= 15 is 0 Å². The molecule has 5 nitrogen and oxygen atoms in total. The lowest BCUT2D eigenvalue weighted by atomic mass is 10.0. The van der Waals surface area contributed by atoms with Crippen LogP contribution in [-0.2, 0) is 6.54 Å². The maximum atomic E-state index is 13.4. The molecule has 0 saturated carbocycles. The van der Waals surface area contributed by atoms with Crippen molar-refractivity contribution in [3.8, 4) is 0 Å². The fourth-order valence-corrected chi connectivity index (χ4v) is 3.84. The van der Waals surface area contributed by atoms with Gasteiger partial charge in [0.2, 0.25) is 0 Å². The summed E-state index contributed by atoms with van der Waals surface area (Å²) in [6, 6.07) is 11.9. The highest BCUT2D eigenvalue weighted by Crippen LogP contribution is 2.20. The van der Waals surface area contributed by atoms with Crippen LogP contribution in [0.5, 0.6) is 0 Å². The number of carbonyl (C=O) groups is 1. The number of hydrogen-bond donors (Lipinski definition) is 1. The fourth-order valence-electron chi connectivity index (χ4n) is 3.84. The first-order valence-corrected chi connectivity index (χ1v) is 9.81. The number of nitrogens with one attached hydrogen (secondary N) is 1. The maximum Gasteiger partial charge on any atom is 0.254 e. The predicted octanol–water partition coefficient (Wildman–Crippen LogP) is 3.24. The number of H-pyrrole nitrogens is 1. The Morgan fingerprint density at radius 2 is 1.83 bits per heavy atom. The number of aryl methyl sites for hydroxylation is 2. The van der Waals surface area contributed by atoms with E-state index in [-0.39, 0.29) is 11.5 Å². The Kier molecular flexibility index (Phi) is 5.20. The van der Waals surface area contributed by atoms with Crippen molar-refractivity contribution in [1.82, 2.24) is 14.8 Å². The molecule has 0 bridgehead atoms. The number of aromatic amines is 1. The minimum absolute atomic E-state index is 0.0653. The van der Waals surface area contributed by atoms with Crippen molar-refractivity contribution in [1.29, 1.82) is 0 Å². The Bertz CT molecular complexity index is 1130. The van der Waals surface area contributed by atoms with Gasteiger partial charge in [-0.2, -0.15) is 0 Å². The fraction of sp³-hybridized carbons (Fsp3) is 0.304. The summed E-state index contributed by atoms with van der Waals surface area (Å²) in [4.78, 5) is 32.1. The molecule has 3 aromatic rings. The van der Waals surface area contributed by atoms with Gasteiger partial charge in [0, 0.05) is 43.9 Å². The van der Waals surface area contributed by atoms with Crippen LogP contribution in [0.2, 0.25) is 0 Å². The van der Waals surface area contributed by atoms with Crippen LogP contribution in [-0.4, -0.2) is 46.9 Å². The van der Waals surface area contributed by atoms with Gasteiger partial charge in [0.25, 0.3) is 11.5 Å². The van der Waals surface area contributed by atoms with Gasteiger partial charge < -0.3 is 9.88 Å². The molecule has 1 amide bonds. The first-order chi connectivity index (χ1) is 13.9. The molecular weight excluding hydrogens is 369 g/mol. The van der Waals surface area contributed by atoms with Gasteiger partial charge in [-0.1, -0.05) is 18.2 Å². The zero-order valence-electron chi connectivity index (χ0n) is 16.7. The zero-order chi connectivity index (χ0) is 20.5. The number of piperazine rings is 1. The minimum atomic E-state index is -0.407. The molecule has 29 heavy (non-hydrogen) atoms. The summed E-state index contributed by atoms with van der Waals surface area (Å²) < 4.78 is 13.4. The Morgan fingerprint density at radius 1 is 1.07 bits per heavy atom. The molecule has 0 aliphatic carbocycles. The number of pyridine rings is 1. The largest absolute Gasteiger partial charge is 0.336 e. The molecule has 0 unspecified atom stereocenters. The first-order valence-electron chi connectivity index (χ1n) is 9.81. The van der Waals surface area contributed by atoms with Crippen molar-refractivity contribution in [2.75, 3.05) is 26.2 Å². The Hall–Kier alpha value is -2.99. The van der Waals surface area contributed by atoms with Crippen LogP contribution in [0.25, 0.3) is 10.9 Å². The smallest absolute Gasteiger partial charge is 0.254 e. The number of aromatic nitrogens is 1. The number of nitrogens with zero attached hydrogens (tertiary/aromatic N) is 2. The number of amides is 1. The number of carbonyl (C=O) groups excluding carboxylic acids is 1. The van der Waals surface area contributed by atoms with Gasteiger partial charge in [-0.3, -0.25) is 14.5 Å². The third-order valence-electron chi connectivity index (χ3n) is 5.75. The van der Waals surface area contributed by atoms with Gasteiger partial charge in [0.05, 0.1) is 5.52 Å². The van der Waals surface area contributed by atoms with Gasteiger partial charge in [0.1, 0.15) is 5.82 Å². The molecule has 0 spiro atoms. The summed E-state index contributed by atoms with van der Waals surface area (Å²) in [6.45, 7) is 7.04. The second-order valence-electron chi connectivity index (χ2n) is 7.67. The second-order valence-corrected chi connectivity index (χ2v) is 7.67. The van der Waals surface area contributed by atoms with E-state index in [2.05, 4.69) is 16.0 Å². The van der Waals surface area contributed by atoms with E-state index in [9.17, 15) is 14.0 Å². The number of benzene rings is 2. The van der Waals surface area contributed by atoms with Crippen LogP contribution in [0.4, 0.5) is 4.39 Å². The van der Waals surface area contributed by atoms with Crippen LogP contribution in [0.1, 0.15) is 27.0 Å². The Morgan fingerprint density at radius 3 is 2.55 bits per heavy atom. The molecule has 1 fully saturated rings. The summed E-state index contributed by atoms with van der Waals surface area (Å²) >= 11 is 0. The van der Waals surface area contributed by atoms with Crippen LogP contribution >= 0.6 is 0 Å². The lowest BCUT2D eigenvalue weighted by Gasteiger charge is -2.34. The molecule has 2 aromatic carbocycles. The van der Waals surface area contributed by atoms with Crippen LogP contribution < -0.4 is 5.56 Å². The number of hydrogen-bond acceptors (Lipinski definition) is 3. The van der Waals surface area contributed by atoms with E-state index in [1.807, 2.05) is 26.0 Å². The highest BCUT2D eigenvalue weighted by molar-refractivity contribution is 5.94. The molecule has 2 heterocycles. The van der Waals surface area contributed by atoms with Crippen molar-refractivity contribution in [3.63, 3.8) is 0 Å². The Balaban J connectivity index is 1.45. The molecule has 1 N–H and O–H groups in total. The average molecular weight is 393 g/mol. The highest BCUT2D eigenvalue weighted by atomic mass is 19.1. The van der Waals surface area contributed by atoms with Crippen LogP contribution in [0.15, 0.2) is 47.3 Å². The van der Waals surface area contributed by atoms with Crippen molar-refractivity contribution in [3.05, 3.63) is 80.9 Å². The molecule has 1 saturated heterocycles. The van der Waals surface area contributed by atoms with E-state index in [1.54, 1.807) is 17.0 Å². The Labute approximate surface area is 168 Å². The van der Waals surface area contributed by atoms with E-state index in [0.29, 0.717) is 38.3 Å².